The van der Waals surface area contributed by atoms with Crippen molar-refractivity contribution in [2.45, 2.75) is 12.1 Å². The Balaban J connectivity index is 2.05. The Morgan fingerprint density at radius 3 is 1.90 bits per heavy atom. The molecular formula is C12H9Cl2NO5S. The van der Waals surface area contributed by atoms with Crippen molar-refractivity contribution >= 4 is 44.9 Å². The van der Waals surface area contributed by atoms with Gasteiger partial charge in [0, 0.05) is 0 Å². The lowest BCUT2D eigenvalue weighted by Gasteiger charge is -2.23. The molecule has 112 valence electrons. The van der Waals surface area contributed by atoms with Gasteiger partial charge in [0.1, 0.15) is 0 Å². The highest BCUT2D eigenvalue weighted by Crippen LogP contribution is 2.34. The summed E-state index contributed by atoms with van der Waals surface area (Å²) in [5.41, 5.74) is 0.122. The molecule has 0 saturated carbocycles. The highest BCUT2D eigenvalue weighted by molar-refractivity contribution is 7.91. The van der Waals surface area contributed by atoms with E-state index in [4.69, 9.17) is 23.2 Å². The number of carbonyl (C=O) groups excluding carboxylic acids is 2. The third kappa shape index (κ3) is 2.24. The monoisotopic (exact) mass is 349 g/mol. The van der Waals surface area contributed by atoms with Crippen molar-refractivity contribution in [3.05, 3.63) is 33.3 Å². The smallest absolute Gasteiger partial charge is 0.261 e. The average Bonchev–Trinajstić information content (AvgIpc) is 2.76. The van der Waals surface area contributed by atoms with Crippen LogP contribution in [0.3, 0.4) is 0 Å². The van der Waals surface area contributed by atoms with Crippen molar-refractivity contribution in [2.75, 3.05) is 11.5 Å². The summed E-state index contributed by atoms with van der Waals surface area (Å²) in [6.07, 6.45) is -1.29. The quantitative estimate of drug-likeness (QED) is 0.755. The van der Waals surface area contributed by atoms with Crippen LogP contribution in [-0.4, -0.2) is 53.9 Å². The second-order valence-corrected chi connectivity index (χ2v) is 7.97. The Bertz CT molecular complexity index is 735. The van der Waals surface area contributed by atoms with Crippen molar-refractivity contribution in [3.63, 3.8) is 0 Å². The number of fused-ring (bicyclic) bond motifs is 1. The molecular weight excluding hydrogens is 341 g/mol. The van der Waals surface area contributed by atoms with Gasteiger partial charge < -0.3 is 5.11 Å². The van der Waals surface area contributed by atoms with E-state index in [0.717, 1.165) is 4.90 Å². The van der Waals surface area contributed by atoms with Gasteiger partial charge in [0.15, 0.2) is 9.84 Å². The van der Waals surface area contributed by atoms with E-state index in [1.54, 1.807) is 0 Å². The summed E-state index contributed by atoms with van der Waals surface area (Å²) in [4.78, 5) is 25.4. The molecule has 1 aromatic rings. The summed E-state index contributed by atoms with van der Waals surface area (Å²) in [7, 11) is -3.48. The van der Waals surface area contributed by atoms with Gasteiger partial charge in [0.2, 0.25) is 0 Å². The number of aliphatic hydroxyl groups is 1. The number of aliphatic hydroxyl groups excluding tert-OH is 1. The van der Waals surface area contributed by atoms with Crippen molar-refractivity contribution in [3.8, 4) is 0 Å². The van der Waals surface area contributed by atoms with Crippen molar-refractivity contribution < 1.29 is 23.1 Å². The van der Waals surface area contributed by atoms with Crippen molar-refractivity contribution in [1.29, 1.82) is 0 Å². The summed E-state index contributed by atoms with van der Waals surface area (Å²) in [6, 6.07) is 1.46. The number of carbonyl (C=O) groups is 2. The summed E-state index contributed by atoms with van der Waals surface area (Å²) in [5, 5.41) is 10.1. The van der Waals surface area contributed by atoms with Crippen LogP contribution in [0.1, 0.15) is 20.7 Å². The molecule has 0 aliphatic carbocycles. The van der Waals surface area contributed by atoms with Crippen molar-refractivity contribution in [1.82, 2.24) is 4.90 Å². The summed E-state index contributed by atoms with van der Waals surface area (Å²) >= 11 is 11.7. The molecule has 9 heteroatoms. The number of amides is 2. The first-order chi connectivity index (χ1) is 9.71. The van der Waals surface area contributed by atoms with Crippen LogP contribution in [0.25, 0.3) is 0 Å². The average molecular weight is 350 g/mol. The molecule has 2 aliphatic heterocycles. The maximum Gasteiger partial charge on any atom is 0.261 e. The van der Waals surface area contributed by atoms with Crippen LogP contribution >= 0.6 is 23.2 Å². The Hall–Kier alpha value is -1.15. The van der Waals surface area contributed by atoms with Crippen LogP contribution in [0.4, 0.5) is 0 Å². The number of nitrogens with zero attached hydrogens (tertiary/aromatic N) is 1. The predicted octanol–water partition coefficient (Wildman–Crippen LogP) is 0.747. The minimum atomic E-state index is -3.48. The number of sulfone groups is 1. The van der Waals surface area contributed by atoms with E-state index in [9.17, 15) is 23.1 Å². The van der Waals surface area contributed by atoms with Gasteiger partial charge in [0.25, 0.3) is 11.8 Å². The van der Waals surface area contributed by atoms with Gasteiger partial charge >= 0.3 is 0 Å². The highest BCUT2D eigenvalue weighted by atomic mass is 35.5. The molecule has 1 saturated heterocycles. The number of hydrogen-bond acceptors (Lipinski definition) is 5. The first kappa shape index (κ1) is 14.8. The molecule has 6 nitrogen and oxygen atoms in total. The summed E-state index contributed by atoms with van der Waals surface area (Å²) in [6.45, 7) is 0. The summed E-state index contributed by atoms with van der Waals surface area (Å²) < 4.78 is 23.1. The van der Waals surface area contributed by atoms with Gasteiger partial charge in [0.05, 0.1) is 44.8 Å². The minimum absolute atomic E-state index is 0.0610. The van der Waals surface area contributed by atoms with E-state index < -0.39 is 45.3 Å². The Morgan fingerprint density at radius 1 is 1.05 bits per heavy atom. The third-order valence-electron chi connectivity index (χ3n) is 3.58. The molecule has 2 atom stereocenters. The fourth-order valence-electron chi connectivity index (χ4n) is 2.61. The molecule has 2 heterocycles. The first-order valence-corrected chi connectivity index (χ1v) is 8.54. The number of rotatable bonds is 1. The second kappa shape index (κ2) is 4.67. The lowest BCUT2D eigenvalue weighted by molar-refractivity contribution is 0.0451. The van der Waals surface area contributed by atoms with Crippen LogP contribution in [0, 0.1) is 0 Å². The highest BCUT2D eigenvalue weighted by Gasteiger charge is 2.48. The maximum absolute atomic E-state index is 12.3. The van der Waals surface area contributed by atoms with E-state index >= 15 is 0 Å². The van der Waals surface area contributed by atoms with Gasteiger partial charge in [-0.1, -0.05) is 23.2 Å². The molecule has 3 rings (SSSR count). The number of benzene rings is 1. The maximum atomic E-state index is 12.3. The lowest BCUT2D eigenvalue weighted by Crippen LogP contribution is -2.46. The molecule has 0 unspecified atom stereocenters. The molecule has 0 aromatic heterocycles. The molecule has 0 spiro atoms. The van der Waals surface area contributed by atoms with Crippen LogP contribution in [0.5, 0.6) is 0 Å². The first-order valence-electron chi connectivity index (χ1n) is 5.97. The SMILES string of the molecule is O=C1c2cc(Cl)c(Cl)cc2C(=O)N1[C@H]1CS(=O)(=O)C[C@@H]1O. The molecule has 0 bridgehead atoms. The molecule has 2 aliphatic rings. The van der Waals surface area contributed by atoms with Gasteiger partial charge in [-0.15, -0.1) is 0 Å². The van der Waals surface area contributed by atoms with E-state index in [2.05, 4.69) is 0 Å². The van der Waals surface area contributed by atoms with E-state index in [1.807, 2.05) is 0 Å². The predicted molar refractivity (Wildman–Crippen MR) is 75.4 cm³/mol. The lowest BCUT2D eigenvalue weighted by atomic mass is 10.1. The van der Waals surface area contributed by atoms with Gasteiger partial charge in [-0.3, -0.25) is 14.5 Å². The summed E-state index contributed by atoms with van der Waals surface area (Å²) in [5.74, 6) is -2.25. The topological polar surface area (TPSA) is 91.8 Å². The Labute approximate surface area is 130 Å². The number of halogens is 2. The zero-order valence-electron chi connectivity index (χ0n) is 10.4. The van der Waals surface area contributed by atoms with Crippen LogP contribution in [-0.2, 0) is 9.84 Å². The zero-order chi connectivity index (χ0) is 15.5. The Morgan fingerprint density at radius 2 is 1.52 bits per heavy atom. The van der Waals surface area contributed by atoms with Crippen LogP contribution in [0.2, 0.25) is 10.0 Å². The van der Waals surface area contributed by atoms with E-state index in [1.165, 1.54) is 12.1 Å². The molecule has 1 aromatic carbocycles. The van der Waals surface area contributed by atoms with E-state index in [-0.39, 0.29) is 21.2 Å². The fourth-order valence-corrected chi connectivity index (χ4v) is 4.71. The standard InChI is InChI=1S/C12H9Cl2NO5S/c13-7-1-5-6(2-8(7)14)12(18)15(11(5)17)9-3-21(19,20)4-10(9)16/h1-2,9-10,16H,3-4H2/t9-,10-/m0/s1. The van der Waals surface area contributed by atoms with Crippen LogP contribution in [0.15, 0.2) is 12.1 Å². The van der Waals surface area contributed by atoms with Crippen molar-refractivity contribution in [2.24, 2.45) is 0 Å². The second-order valence-electron chi connectivity index (χ2n) is 5.00. The Kier molecular flexibility index (Phi) is 3.29. The normalized spacial score (nSPS) is 27.3. The van der Waals surface area contributed by atoms with Crippen LogP contribution < -0.4 is 0 Å². The minimum Gasteiger partial charge on any atom is -0.390 e. The van der Waals surface area contributed by atoms with Gasteiger partial charge in [-0.25, -0.2) is 8.42 Å². The van der Waals surface area contributed by atoms with E-state index in [0.29, 0.717) is 0 Å². The fraction of sp³-hybridized carbons (Fsp3) is 0.333. The zero-order valence-corrected chi connectivity index (χ0v) is 12.7. The largest absolute Gasteiger partial charge is 0.390 e. The molecule has 21 heavy (non-hydrogen) atoms. The number of imide groups is 1. The van der Waals surface area contributed by atoms with Gasteiger partial charge in [-0.2, -0.15) is 0 Å². The molecule has 2 amide bonds. The molecule has 0 radical (unpaired) electrons. The third-order valence-corrected chi connectivity index (χ3v) is 6.00. The molecule has 1 N–H and O–H groups in total. The molecule has 1 fully saturated rings. The number of hydrogen-bond donors (Lipinski definition) is 1. The van der Waals surface area contributed by atoms with Gasteiger partial charge in [-0.05, 0) is 12.1 Å².